The molecule has 0 radical (unpaired) electrons. The Bertz CT molecular complexity index is 834. The third-order valence-corrected chi connectivity index (χ3v) is 7.16. The molecule has 2 aromatic heterocycles. The van der Waals surface area contributed by atoms with Crippen LogP contribution in [0, 0.1) is 5.92 Å². The van der Waals surface area contributed by atoms with Gasteiger partial charge in [-0.05, 0) is 37.3 Å². The molecule has 2 amide bonds. The number of hydrogen-bond acceptors (Lipinski definition) is 5. The number of urea groups is 1. The minimum absolute atomic E-state index is 0.171. The predicted octanol–water partition coefficient (Wildman–Crippen LogP) is 4.07. The molecule has 1 aliphatic rings. The first-order valence-electron chi connectivity index (χ1n) is 10.8. The zero-order valence-corrected chi connectivity index (χ0v) is 19.6. The largest absolute Gasteiger partial charge is 0.384 e. The summed E-state index contributed by atoms with van der Waals surface area (Å²) < 4.78 is 13.0. The van der Waals surface area contributed by atoms with Crippen molar-refractivity contribution in [1.29, 1.82) is 0 Å². The van der Waals surface area contributed by atoms with Gasteiger partial charge in [-0.15, -0.1) is 0 Å². The summed E-state index contributed by atoms with van der Waals surface area (Å²) in [6.45, 7) is 8.98. The number of hydrogen-bond donors (Lipinski definition) is 2. The summed E-state index contributed by atoms with van der Waals surface area (Å²) in [5.74, 6) is 0.958. The lowest BCUT2D eigenvalue weighted by molar-refractivity contribution is 0.0899. The molecule has 2 atom stereocenters. The Morgan fingerprint density at radius 1 is 1.33 bits per heavy atom. The van der Waals surface area contributed by atoms with Crippen molar-refractivity contribution in [3.63, 3.8) is 0 Å². The monoisotopic (exact) mass is 433 g/mol. The highest BCUT2D eigenvalue weighted by atomic mass is 28.3. The predicted molar refractivity (Wildman–Crippen MR) is 121 cm³/mol. The van der Waals surface area contributed by atoms with E-state index in [1.165, 1.54) is 0 Å². The lowest BCUT2D eigenvalue weighted by Crippen LogP contribution is -2.41. The average molecular weight is 434 g/mol. The fourth-order valence-corrected chi connectivity index (χ4v) is 4.57. The standard InChI is InChI=1S/C21H35N5O3Si/c1-28-14-16-6-5-7-17(12-16)23-21(27)25-19-13-22-20-18(24-19)8-9-26(20)15-29-10-11-30(2,3)4/h8-9,13,16-17H,5-7,10-12,14-15H2,1-4H3,(H2,23,24,25,27). The summed E-state index contributed by atoms with van der Waals surface area (Å²) in [7, 11) is 0.632. The van der Waals surface area contributed by atoms with Gasteiger partial charge in [-0.25, -0.2) is 14.8 Å². The molecule has 1 fully saturated rings. The number of carbonyl (C=O) groups is 1. The molecule has 2 N–H and O–H groups in total. The number of carbonyl (C=O) groups excluding carboxylic acids is 1. The molecule has 2 unspecified atom stereocenters. The molecule has 0 spiro atoms. The highest BCUT2D eigenvalue weighted by molar-refractivity contribution is 6.76. The van der Waals surface area contributed by atoms with Crippen LogP contribution < -0.4 is 10.6 Å². The van der Waals surface area contributed by atoms with Gasteiger partial charge >= 0.3 is 6.03 Å². The van der Waals surface area contributed by atoms with Crippen molar-refractivity contribution in [3.05, 3.63) is 18.5 Å². The lowest BCUT2D eigenvalue weighted by Gasteiger charge is -2.29. The second kappa shape index (κ2) is 10.4. The van der Waals surface area contributed by atoms with Crippen LogP contribution in [0.2, 0.25) is 25.7 Å². The number of rotatable bonds is 9. The number of methoxy groups -OCH3 is 1. The van der Waals surface area contributed by atoms with E-state index >= 15 is 0 Å². The van der Waals surface area contributed by atoms with Gasteiger partial charge in [0, 0.05) is 40.6 Å². The van der Waals surface area contributed by atoms with Crippen molar-refractivity contribution in [1.82, 2.24) is 19.9 Å². The lowest BCUT2D eigenvalue weighted by atomic mass is 9.86. The molecule has 166 valence electrons. The van der Waals surface area contributed by atoms with Crippen LogP contribution in [0.4, 0.5) is 10.6 Å². The number of amides is 2. The number of anilines is 1. The van der Waals surface area contributed by atoms with E-state index in [4.69, 9.17) is 9.47 Å². The third-order valence-electron chi connectivity index (χ3n) is 5.45. The third kappa shape index (κ3) is 6.78. The fraction of sp³-hybridized carbons (Fsp3) is 0.667. The maximum absolute atomic E-state index is 12.4. The first-order valence-corrected chi connectivity index (χ1v) is 14.5. The van der Waals surface area contributed by atoms with E-state index in [1.54, 1.807) is 13.3 Å². The zero-order valence-electron chi connectivity index (χ0n) is 18.6. The molecular weight excluding hydrogens is 398 g/mol. The van der Waals surface area contributed by atoms with E-state index in [1.807, 2.05) is 16.8 Å². The molecular formula is C21H35N5O3Si. The van der Waals surface area contributed by atoms with Gasteiger partial charge in [0.2, 0.25) is 0 Å². The van der Waals surface area contributed by atoms with Crippen molar-refractivity contribution >= 4 is 31.1 Å². The van der Waals surface area contributed by atoms with Crippen LogP contribution in [-0.4, -0.2) is 55.0 Å². The Kier molecular flexibility index (Phi) is 7.85. The van der Waals surface area contributed by atoms with Gasteiger partial charge in [0.15, 0.2) is 11.5 Å². The van der Waals surface area contributed by atoms with Gasteiger partial charge in [-0.1, -0.05) is 26.1 Å². The van der Waals surface area contributed by atoms with Gasteiger partial charge in [0.1, 0.15) is 12.2 Å². The minimum Gasteiger partial charge on any atom is -0.384 e. The fourth-order valence-electron chi connectivity index (χ4n) is 3.81. The quantitative estimate of drug-likeness (QED) is 0.459. The molecule has 1 aliphatic carbocycles. The summed E-state index contributed by atoms with van der Waals surface area (Å²) in [4.78, 5) is 21.4. The maximum atomic E-state index is 12.4. The van der Waals surface area contributed by atoms with E-state index in [-0.39, 0.29) is 12.1 Å². The number of fused-ring (bicyclic) bond motifs is 1. The molecule has 2 aromatic rings. The van der Waals surface area contributed by atoms with Crippen molar-refractivity contribution in [2.75, 3.05) is 25.6 Å². The van der Waals surface area contributed by atoms with Crippen LogP contribution in [0.15, 0.2) is 18.5 Å². The van der Waals surface area contributed by atoms with Crippen LogP contribution in [0.5, 0.6) is 0 Å². The molecule has 30 heavy (non-hydrogen) atoms. The minimum atomic E-state index is -1.10. The molecule has 3 rings (SSSR count). The van der Waals surface area contributed by atoms with Crippen molar-refractivity contribution in [2.24, 2.45) is 5.92 Å². The van der Waals surface area contributed by atoms with Crippen LogP contribution in [0.1, 0.15) is 25.7 Å². The van der Waals surface area contributed by atoms with E-state index in [0.29, 0.717) is 18.5 Å². The van der Waals surface area contributed by atoms with Crippen molar-refractivity contribution in [3.8, 4) is 0 Å². The van der Waals surface area contributed by atoms with Crippen molar-refractivity contribution < 1.29 is 14.3 Å². The summed E-state index contributed by atoms with van der Waals surface area (Å²) in [5, 5.41) is 5.88. The van der Waals surface area contributed by atoms with E-state index < -0.39 is 8.07 Å². The Morgan fingerprint density at radius 2 is 2.17 bits per heavy atom. The second-order valence-electron chi connectivity index (χ2n) is 9.38. The molecule has 1 saturated carbocycles. The molecule has 2 heterocycles. The second-order valence-corrected chi connectivity index (χ2v) is 15.0. The maximum Gasteiger partial charge on any atom is 0.320 e. The smallest absolute Gasteiger partial charge is 0.320 e. The first-order chi connectivity index (χ1) is 14.3. The van der Waals surface area contributed by atoms with Gasteiger partial charge in [-0.2, -0.15) is 0 Å². The van der Waals surface area contributed by atoms with Gasteiger partial charge in [0.05, 0.1) is 6.20 Å². The van der Waals surface area contributed by atoms with Crippen LogP contribution in [-0.2, 0) is 16.2 Å². The van der Waals surface area contributed by atoms with Crippen LogP contribution >= 0.6 is 0 Å². The Morgan fingerprint density at radius 3 is 2.93 bits per heavy atom. The highest BCUT2D eigenvalue weighted by Gasteiger charge is 2.23. The van der Waals surface area contributed by atoms with Gasteiger partial charge < -0.3 is 19.4 Å². The molecule has 0 aliphatic heterocycles. The van der Waals surface area contributed by atoms with Gasteiger partial charge in [-0.3, -0.25) is 5.32 Å². The molecule has 0 saturated heterocycles. The van der Waals surface area contributed by atoms with Crippen LogP contribution in [0.3, 0.4) is 0 Å². The number of nitrogens with zero attached hydrogens (tertiary/aromatic N) is 3. The SMILES string of the molecule is COCC1CCCC(NC(=O)Nc2cnc3c(ccn3COCC[Si](C)(C)C)n2)C1. The normalized spacial score (nSPS) is 19.7. The summed E-state index contributed by atoms with van der Waals surface area (Å²) >= 11 is 0. The molecule has 0 bridgehead atoms. The van der Waals surface area contributed by atoms with E-state index in [2.05, 4.69) is 40.2 Å². The average Bonchev–Trinajstić information content (AvgIpc) is 3.07. The summed E-state index contributed by atoms with van der Waals surface area (Å²) in [6.07, 6.45) is 7.73. The number of ether oxygens (including phenoxy) is 2. The Balaban J connectivity index is 1.51. The number of aromatic nitrogens is 3. The van der Waals surface area contributed by atoms with Crippen molar-refractivity contribution in [2.45, 2.75) is 64.1 Å². The van der Waals surface area contributed by atoms with Crippen LogP contribution in [0.25, 0.3) is 11.2 Å². The van der Waals surface area contributed by atoms with Gasteiger partial charge in [0.25, 0.3) is 0 Å². The summed E-state index contributed by atoms with van der Waals surface area (Å²) in [6, 6.07) is 2.96. The van der Waals surface area contributed by atoms with E-state index in [0.717, 1.165) is 56.1 Å². The molecule has 9 heteroatoms. The topological polar surface area (TPSA) is 90.3 Å². The molecule has 8 nitrogen and oxygen atoms in total. The Hall–Kier alpha value is -1.97. The highest BCUT2D eigenvalue weighted by Crippen LogP contribution is 2.24. The first kappa shape index (κ1) is 22.7. The number of nitrogens with one attached hydrogen (secondary N) is 2. The zero-order chi connectivity index (χ0) is 21.6. The molecule has 0 aromatic carbocycles. The Labute approximate surface area is 179 Å². The summed E-state index contributed by atoms with van der Waals surface area (Å²) in [5.41, 5.74) is 1.49. The van der Waals surface area contributed by atoms with E-state index in [9.17, 15) is 4.79 Å².